The third kappa shape index (κ3) is 3.25. The molecule has 1 atom stereocenters. The van der Waals surface area contributed by atoms with Gasteiger partial charge in [0.25, 0.3) is 0 Å². The van der Waals surface area contributed by atoms with Crippen LogP contribution in [0.15, 0.2) is 0 Å². The van der Waals surface area contributed by atoms with Crippen molar-refractivity contribution in [3.63, 3.8) is 0 Å². The largest absolute Gasteiger partial charge is 0.298 e. The van der Waals surface area contributed by atoms with Crippen LogP contribution in [-0.2, 0) is 0 Å². The molecule has 1 unspecified atom stereocenters. The number of unbranched alkanes of at least 4 members (excludes halogenated alkanes) is 4. The zero-order valence-electron chi connectivity index (χ0n) is 10.1. The molecule has 14 heavy (non-hydrogen) atoms. The molecule has 0 aliphatic carbocycles. The first-order valence-electron chi connectivity index (χ1n) is 6.15. The van der Waals surface area contributed by atoms with E-state index in [1.807, 2.05) is 0 Å². The van der Waals surface area contributed by atoms with Crippen LogP contribution in [0.2, 0.25) is 0 Å². The Balaban J connectivity index is 2.10. The van der Waals surface area contributed by atoms with Gasteiger partial charge >= 0.3 is 0 Å². The van der Waals surface area contributed by atoms with Crippen molar-refractivity contribution in [1.82, 2.24) is 10.2 Å². The number of nitrogens with zero attached hydrogens (tertiary/aromatic N) is 1. The third-order valence-electron chi connectivity index (χ3n) is 3.56. The molecule has 1 aliphatic heterocycles. The SMILES string of the molecule is CCCCCCCC1(C)NCCN1C. The second-order valence-corrected chi connectivity index (χ2v) is 4.79. The summed E-state index contributed by atoms with van der Waals surface area (Å²) in [6.07, 6.45) is 8.23. The van der Waals surface area contributed by atoms with Crippen molar-refractivity contribution in [3.8, 4) is 0 Å². The topological polar surface area (TPSA) is 15.3 Å². The zero-order chi connectivity index (χ0) is 10.4. The molecule has 0 spiro atoms. The predicted molar refractivity (Wildman–Crippen MR) is 62.4 cm³/mol. The minimum Gasteiger partial charge on any atom is -0.298 e. The van der Waals surface area contributed by atoms with Crippen LogP contribution >= 0.6 is 0 Å². The van der Waals surface area contributed by atoms with Gasteiger partial charge < -0.3 is 0 Å². The summed E-state index contributed by atoms with van der Waals surface area (Å²) in [5.41, 5.74) is 0.284. The summed E-state index contributed by atoms with van der Waals surface area (Å²) in [4.78, 5) is 2.45. The first-order chi connectivity index (χ1) is 6.69. The van der Waals surface area contributed by atoms with E-state index in [0.29, 0.717) is 0 Å². The van der Waals surface area contributed by atoms with Gasteiger partial charge in [0, 0.05) is 13.1 Å². The average Bonchev–Trinajstić information content (AvgIpc) is 2.47. The molecule has 2 heteroatoms. The molecule has 0 aromatic carbocycles. The van der Waals surface area contributed by atoms with E-state index in [9.17, 15) is 0 Å². The summed E-state index contributed by atoms with van der Waals surface area (Å²) in [5.74, 6) is 0. The van der Waals surface area contributed by atoms with Gasteiger partial charge in [0.2, 0.25) is 0 Å². The van der Waals surface area contributed by atoms with Crippen LogP contribution in [0.4, 0.5) is 0 Å². The molecule has 2 nitrogen and oxygen atoms in total. The highest BCUT2D eigenvalue weighted by Gasteiger charge is 2.32. The Bertz CT molecular complexity index is 158. The van der Waals surface area contributed by atoms with Crippen molar-refractivity contribution < 1.29 is 0 Å². The van der Waals surface area contributed by atoms with E-state index in [-0.39, 0.29) is 5.66 Å². The van der Waals surface area contributed by atoms with Gasteiger partial charge in [-0.3, -0.25) is 10.2 Å². The summed E-state index contributed by atoms with van der Waals surface area (Å²) in [6.45, 7) is 6.96. The quantitative estimate of drug-likeness (QED) is 0.660. The Morgan fingerprint density at radius 1 is 1.21 bits per heavy atom. The first kappa shape index (κ1) is 12.0. The van der Waals surface area contributed by atoms with Gasteiger partial charge in [-0.15, -0.1) is 0 Å². The summed E-state index contributed by atoms with van der Waals surface area (Å²) in [6, 6.07) is 0. The first-order valence-corrected chi connectivity index (χ1v) is 6.15. The van der Waals surface area contributed by atoms with Crippen LogP contribution in [0, 0.1) is 0 Å². The van der Waals surface area contributed by atoms with Crippen molar-refractivity contribution in [2.45, 2.75) is 58.0 Å². The van der Waals surface area contributed by atoms with Crippen molar-refractivity contribution in [1.29, 1.82) is 0 Å². The van der Waals surface area contributed by atoms with Crippen LogP contribution < -0.4 is 5.32 Å². The fourth-order valence-corrected chi connectivity index (χ4v) is 2.23. The van der Waals surface area contributed by atoms with E-state index in [4.69, 9.17) is 0 Å². The molecular formula is C12H26N2. The van der Waals surface area contributed by atoms with Crippen molar-refractivity contribution in [2.75, 3.05) is 20.1 Å². The van der Waals surface area contributed by atoms with Gasteiger partial charge in [-0.1, -0.05) is 39.0 Å². The predicted octanol–water partition coefficient (Wildman–Crippen LogP) is 2.60. The van der Waals surface area contributed by atoms with Crippen LogP contribution in [0.5, 0.6) is 0 Å². The molecule has 0 aromatic heterocycles. The van der Waals surface area contributed by atoms with Crippen LogP contribution in [-0.4, -0.2) is 30.7 Å². The van der Waals surface area contributed by atoms with E-state index < -0.39 is 0 Å². The molecule has 0 amide bonds. The van der Waals surface area contributed by atoms with Gasteiger partial charge in [-0.05, 0) is 20.4 Å². The molecule has 1 saturated heterocycles. The molecule has 1 N–H and O–H groups in total. The molecule has 1 rings (SSSR count). The Labute approximate surface area is 89.1 Å². The second-order valence-electron chi connectivity index (χ2n) is 4.79. The third-order valence-corrected chi connectivity index (χ3v) is 3.56. The van der Waals surface area contributed by atoms with E-state index in [1.54, 1.807) is 0 Å². The Morgan fingerprint density at radius 2 is 1.93 bits per heavy atom. The maximum absolute atomic E-state index is 3.60. The minimum absolute atomic E-state index is 0.284. The van der Waals surface area contributed by atoms with Crippen molar-refractivity contribution >= 4 is 0 Å². The van der Waals surface area contributed by atoms with Crippen molar-refractivity contribution in [2.24, 2.45) is 0 Å². The number of hydrogen-bond acceptors (Lipinski definition) is 2. The van der Waals surface area contributed by atoms with Crippen LogP contribution in [0.3, 0.4) is 0 Å². The number of likely N-dealkylation sites (N-methyl/N-ethyl adjacent to an activating group) is 1. The molecule has 1 aliphatic rings. The van der Waals surface area contributed by atoms with E-state index >= 15 is 0 Å². The molecule has 0 saturated carbocycles. The summed E-state index contributed by atoms with van der Waals surface area (Å²) < 4.78 is 0. The second kappa shape index (κ2) is 5.72. The summed E-state index contributed by atoms with van der Waals surface area (Å²) in [5, 5.41) is 3.60. The van der Waals surface area contributed by atoms with Crippen LogP contribution in [0.1, 0.15) is 52.4 Å². The van der Waals surface area contributed by atoms with Gasteiger partial charge in [-0.25, -0.2) is 0 Å². The lowest BCUT2D eigenvalue weighted by atomic mass is 10.0. The lowest BCUT2D eigenvalue weighted by Gasteiger charge is -2.32. The molecule has 1 heterocycles. The zero-order valence-corrected chi connectivity index (χ0v) is 10.1. The fraction of sp³-hybridized carbons (Fsp3) is 1.00. The minimum atomic E-state index is 0.284. The normalized spacial score (nSPS) is 28.5. The average molecular weight is 198 g/mol. The highest BCUT2D eigenvalue weighted by atomic mass is 15.4. The van der Waals surface area contributed by atoms with Gasteiger partial charge in [-0.2, -0.15) is 0 Å². The Morgan fingerprint density at radius 3 is 2.50 bits per heavy atom. The van der Waals surface area contributed by atoms with E-state index in [2.05, 4.69) is 31.1 Å². The monoisotopic (exact) mass is 198 g/mol. The van der Waals surface area contributed by atoms with Gasteiger partial charge in [0.1, 0.15) is 0 Å². The molecule has 1 fully saturated rings. The van der Waals surface area contributed by atoms with E-state index in [1.165, 1.54) is 45.1 Å². The maximum atomic E-state index is 3.60. The fourth-order valence-electron chi connectivity index (χ4n) is 2.23. The van der Waals surface area contributed by atoms with Gasteiger partial charge in [0.05, 0.1) is 5.66 Å². The highest BCUT2D eigenvalue weighted by Crippen LogP contribution is 2.21. The molecule has 0 aromatic rings. The maximum Gasteiger partial charge on any atom is 0.0681 e. The number of hydrogen-bond donors (Lipinski definition) is 1. The highest BCUT2D eigenvalue weighted by molar-refractivity contribution is 4.87. The summed E-state index contributed by atoms with van der Waals surface area (Å²) in [7, 11) is 2.23. The molecule has 0 radical (unpaired) electrons. The van der Waals surface area contributed by atoms with Crippen LogP contribution in [0.25, 0.3) is 0 Å². The lowest BCUT2D eigenvalue weighted by Crippen LogP contribution is -2.46. The molecule has 0 bridgehead atoms. The van der Waals surface area contributed by atoms with Crippen molar-refractivity contribution in [3.05, 3.63) is 0 Å². The Kier molecular flexibility index (Phi) is 4.90. The molecule has 84 valence electrons. The standard InChI is InChI=1S/C12H26N2/c1-4-5-6-7-8-9-12(2)13-10-11-14(12)3/h13H,4-11H2,1-3H3. The summed E-state index contributed by atoms with van der Waals surface area (Å²) >= 11 is 0. The number of rotatable bonds is 6. The van der Waals surface area contributed by atoms with E-state index in [0.717, 1.165) is 6.54 Å². The lowest BCUT2D eigenvalue weighted by molar-refractivity contribution is 0.156. The smallest absolute Gasteiger partial charge is 0.0681 e. The number of nitrogens with one attached hydrogen (secondary N) is 1. The van der Waals surface area contributed by atoms with Gasteiger partial charge in [0.15, 0.2) is 0 Å². The molecular weight excluding hydrogens is 172 g/mol. The Hall–Kier alpha value is -0.0800.